The van der Waals surface area contributed by atoms with Crippen molar-refractivity contribution in [2.45, 2.75) is 13.3 Å². The number of benzene rings is 2. The van der Waals surface area contributed by atoms with Crippen LogP contribution in [-0.2, 0) is 9.59 Å². The molecular weight excluding hydrogens is 358 g/mol. The maximum atomic E-state index is 11.9. The number of carbonyl (C=O) groups is 2. The number of anilines is 3. The molecule has 0 heterocycles. The van der Waals surface area contributed by atoms with Crippen molar-refractivity contribution in [2.24, 2.45) is 0 Å². The maximum absolute atomic E-state index is 11.9. The zero-order valence-corrected chi connectivity index (χ0v) is 14.3. The average molecular weight is 376 g/mol. The molecule has 0 unspecified atom stereocenters. The van der Waals surface area contributed by atoms with Crippen molar-refractivity contribution >= 4 is 44.8 Å². The van der Waals surface area contributed by atoms with E-state index in [0.717, 1.165) is 10.2 Å². The minimum absolute atomic E-state index is 0.0724. The number of amides is 2. The lowest BCUT2D eigenvalue weighted by Crippen LogP contribution is -2.16. The first-order valence-electron chi connectivity index (χ1n) is 7.20. The number of rotatable bonds is 6. The van der Waals surface area contributed by atoms with Crippen molar-refractivity contribution in [3.63, 3.8) is 0 Å². The van der Waals surface area contributed by atoms with Crippen LogP contribution >= 0.6 is 15.9 Å². The summed E-state index contributed by atoms with van der Waals surface area (Å²) in [5, 5.41) is 8.70. The third-order valence-corrected chi connectivity index (χ3v) is 3.72. The molecule has 23 heavy (non-hydrogen) atoms. The smallest absolute Gasteiger partial charge is 0.226 e. The number of nitrogens with one attached hydrogen (secondary N) is 3. The maximum Gasteiger partial charge on any atom is 0.226 e. The fourth-order valence-electron chi connectivity index (χ4n) is 1.98. The van der Waals surface area contributed by atoms with Gasteiger partial charge in [0.2, 0.25) is 11.8 Å². The van der Waals surface area contributed by atoms with Crippen LogP contribution in [-0.4, -0.2) is 18.4 Å². The number of para-hydroxylation sites is 1. The number of carbonyl (C=O) groups excluding carboxylic acids is 2. The largest absolute Gasteiger partial charge is 0.384 e. The summed E-state index contributed by atoms with van der Waals surface area (Å²) in [4.78, 5) is 22.9. The summed E-state index contributed by atoms with van der Waals surface area (Å²) in [7, 11) is 0. The van der Waals surface area contributed by atoms with Gasteiger partial charge in [0.05, 0.1) is 0 Å². The standard InChI is InChI=1S/C17H18BrN3O2/c1-12(22)20-13-6-8-14(9-7-13)21-17(23)10-11-19-16-5-3-2-4-15(16)18/h2-9,19H,10-11H2,1H3,(H,20,22)(H,21,23). The van der Waals surface area contributed by atoms with Crippen LogP contribution < -0.4 is 16.0 Å². The van der Waals surface area contributed by atoms with Crippen molar-refractivity contribution in [2.75, 3.05) is 22.5 Å². The lowest BCUT2D eigenvalue weighted by atomic mass is 10.2. The van der Waals surface area contributed by atoms with Gasteiger partial charge in [-0.1, -0.05) is 12.1 Å². The van der Waals surface area contributed by atoms with Gasteiger partial charge in [-0.15, -0.1) is 0 Å². The van der Waals surface area contributed by atoms with Gasteiger partial charge in [-0.3, -0.25) is 9.59 Å². The molecule has 6 heteroatoms. The first-order valence-corrected chi connectivity index (χ1v) is 8.00. The predicted octanol–water partition coefficient (Wildman–Crippen LogP) is 3.85. The van der Waals surface area contributed by atoms with Crippen molar-refractivity contribution in [1.29, 1.82) is 0 Å². The Balaban J connectivity index is 1.78. The topological polar surface area (TPSA) is 70.2 Å². The normalized spacial score (nSPS) is 10.0. The van der Waals surface area contributed by atoms with E-state index >= 15 is 0 Å². The molecule has 0 radical (unpaired) electrons. The minimum Gasteiger partial charge on any atom is -0.384 e. The van der Waals surface area contributed by atoms with E-state index in [2.05, 4.69) is 31.9 Å². The molecular formula is C17H18BrN3O2. The molecule has 0 aliphatic heterocycles. The number of halogens is 1. The summed E-state index contributed by atoms with van der Waals surface area (Å²) in [6.07, 6.45) is 0.356. The Bertz CT molecular complexity index is 686. The molecule has 120 valence electrons. The quantitative estimate of drug-likeness (QED) is 0.717. The van der Waals surface area contributed by atoms with E-state index in [1.54, 1.807) is 24.3 Å². The number of hydrogen-bond donors (Lipinski definition) is 3. The van der Waals surface area contributed by atoms with E-state index in [1.165, 1.54) is 6.92 Å². The fraction of sp³-hybridized carbons (Fsp3) is 0.176. The molecule has 2 rings (SSSR count). The Kier molecular flexibility index (Phi) is 6.17. The minimum atomic E-state index is -0.125. The van der Waals surface area contributed by atoms with Gasteiger partial charge < -0.3 is 16.0 Å². The molecule has 0 aromatic heterocycles. The van der Waals surface area contributed by atoms with E-state index in [1.807, 2.05) is 24.3 Å². The van der Waals surface area contributed by atoms with Gasteiger partial charge in [-0.25, -0.2) is 0 Å². The molecule has 0 atom stereocenters. The van der Waals surface area contributed by atoms with Crippen LogP contribution in [0.25, 0.3) is 0 Å². The summed E-state index contributed by atoms with van der Waals surface area (Å²) in [5.74, 6) is -0.197. The predicted molar refractivity (Wildman–Crippen MR) is 96.6 cm³/mol. The molecule has 0 aliphatic rings. The fourth-order valence-corrected chi connectivity index (χ4v) is 2.40. The highest BCUT2D eigenvalue weighted by molar-refractivity contribution is 9.10. The van der Waals surface area contributed by atoms with Gasteiger partial charge in [0.1, 0.15) is 0 Å². The van der Waals surface area contributed by atoms with Crippen LogP contribution in [0.1, 0.15) is 13.3 Å². The zero-order chi connectivity index (χ0) is 16.7. The van der Waals surface area contributed by atoms with Gasteiger partial charge in [0, 0.05) is 41.4 Å². The molecule has 2 amide bonds. The third kappa shape index (κ3) is 5.75. The van der Waals surface area contributed by atoms with Crippen LogP contribution in [0.2, 0.25) is 0 Å². The van der Waals surface area contributed by atoms with Gasteiger partial charge in [0.25, 0.3) is 0 Å². The van der Waals surface area contributed by atoms with Crippen LogP contribution in [0.3, 0.4) is 0 Å². The molecule has 3 N–H and O–H groups in total. The molecule has 0 aliphatic carbocycles. The van der Waals surface area contributed by atoms with E-state index in [9.17, 15) is 9.59 Å². The highest BCUT2D eigenvalue weighted by atomic mass is 79.9. The summed E-state index contributed by atoms with van der Waals surface area (Å²) in [6.45, 7) is 1.99. The molecule has 5 nitrogen and oxygen atoms in total. The Morgan fingerprint density at radius 2 is 1.57 bits per heavy atom. The summed E-state index contributed by atoms with van der Waals surface area (Å²) in [5.41, 5.74) is 2.36. The molecule has 0 saturated carbocycles. The van der Waals surface area contributed by atoms with E-state index in [0.29, 0.717) is 24.3 Å². The summed E-state index contributed by atoms with van der Waals surface area (Å²) < 4.78 is 0.967. The summed E-state index contributed by atoms with van der Waals surface area (Å²) >= 11 is 3.45. The van der Waals surface area contributed by atoms with Crippen molar-refractivity contribution in [3.05, 3.63) is 53.0 Å². The Morgan fingerprint density at radius 1 is 0.957 bits per heavy atom. The van der Waals surface area contributed by atoms with Crippen molar-refractivity contribution in [1.82, 2.24) is 0 Å². The first kappa shape index (κ1) is 17.0. The molecule has 2 aromatic carbocycles. The lowest BCUT2D eigenvalue weighted by Gasteiger charge is -2.09. The van der Waals surface area contributed by atoms with Crippen LogP contribution in [0, 0.1) is 0 Å². The van der Waals surface area contributed by atoms with Gasteiger partial charge in [0.15, 0.2) is 0 Å². The monoisotopic (exact) mass is 375 g/mol. The SMILES string of the molecule is CC(=O)Nc1ccc(NC(=O)CCNc2ccccc2Br)cc1. The lowest BCUT2D eigenvalue weighted by molar-refractivity contribution is -0.116. The molecule has 0 saturated heterocycles. The zero-order valence-electron chi connectivity index (χ0n) is 12.7. The molecule has 2 aromatic rings. The van der Waals surface area contributed by atoms with Crippen molar-refractivity contribution < 1.29 is 9.59 Å². The van der Waals surface area contributed by atoms with Crippen molar-refractivity contribution in [3.8, 4) is 0 Å². The van der Waals surface area contributed by atoms with Crippen LogP contribution in [0.5, 0.6) is 0 Å². The Labute approximate surface area is 143 Å². The summed E-state index contributed by atoms with van der Waals surface area (Å²) in [6, 6.07) is 14.8. The van der Waals surface area contributed by atoms with E-state index in [-0.39, 0.29) is 11.8 Å². The highest BCUT2D eigenvalue weighted by Crippen LogP contribution is 2.21. The second-order valence-corrected chi connectivity index (χ2v) is 5.82. The van der Waals surface area contributed by atoms with Crippen LogP contribution in [0.4, 0.5) is 17.1 Å². The van der Waals surface area contributed by atoms with Crippen LogP contribution in [0.15, 0.2) is 53.0 Å². The highest BCUT2D eigenvalue weighted by Gasteiger charge is 2.04. The van der Waals surface area contributed by atoms with Gasteiger partial charge in [-0.2, -0.15) is 0 Å². The first-order chi connectivity index (χ1) is 11.0. The third-order valence-electron chi connectivity index (χ3n) is 3.03. The van der Waals surface area contributed by atoms with E-state index in [4.69, 9.17) is 0 Å². The van der Waals surface area contributed by atoms with E-state index < -0.39 is 0 Å². The Morgan fingerprint density at radius 3 is 2.17 bits per heavy atom. The van der Waals surface area contributed by atoms with Gasteiger partial charge >= 0.3 is 0 Å². The molecule has 0 spiro atoms. The molecule has 0 fully saturated rings. The second kappa shape index (κ2) is 8.33. The van der Waals surface area contributed by atoms with Gasteiger partial charge in [-0.05, 0) is 52.3 Å². The second-order valence-electron chi connectivity index (χ2n) is 4.96. The molecule has 0 bridgehead atoms. The average Bonchev–Trinajstić information content (AvgIpc) is 2.51. The number of hydrogen-bond acceptors (Lipinski definition) is 3. The Hall–Kier alpha value is -2.34.